The predicted octanol–water partition coefficient (Wildman–Crippen LogP) is 5.56. The Balaban J connectivity index is 2.17. The summed E-state index contributed by atoms with van der Waals surface area (Å²) in [5, 5.41) is 9.60. The van der Waals surface area contributed by atoms with Crippen LogP contribution in [-0.2, 0) is 5.41 Å². The summed E-state index contributed by atoms with van der Waals surface area (Å²) in [7, 11) is 0. The Morgan fingerprint density at radius 3 is 2.00 bits per heavy atom. The number of nitrogens with zero attached hydrogens (tertiary/aromatic N) is 1. The van der Waals surface area contributed by atoms with Crippen LogP contribution in [0.3, 0.4) is 0 Å². The van der Waals surface area contributed by atoms with Gasteiger partial charge >= 0.3 is 0 Å². The van der Waals surface area contributed by atoms with Gasteiger partial charge in [0.2, 0.25) is 0 Å². The molecular weight excluding hydrogens is 242 g/mol. The van der Waals surface area contributed by atoms with Gasteiger partial charge in [-0.3, -0.25) is 0 Å². The fraction of sp³-hybridized carbons (Fsp3) is 0.632. The van der Waals surface area contributed by atoms with Crippen molar-refractivity contribution in [2.24, 2.45) is 5.92 Å². The maximum Gasteiger partial charge on any atom is 0.0740 e. The van der Waals surface area contributed by atoms with Crippen LogP contribution in [0.15, 0.2) is 24.3 Å². The molecule has 0 radical (unpaired) electrons. The summed E-state index contributed by atoms with van der Waals surface area (Å²) in [4.78, 5) is 0. The maximum atomic E-state index is 9.60. The summed E-state index contributed by atoms with van der Waals surface area (Å²) < 4.78 is 0. The maximum absolute atomic E-state index is 9.60. The normalized spacial score (nSPS) is 19.1. The largest absolute Gasteiger partial charge is 0.198 e. The smallest absolute Gasteiger partial charge is 0.0740 e. The summed E-state index contributed by atoms with van der Waals surface area (Å²) in [5.74, 6) is 0.644. The lowest BCUT2D eigenvalue weighted by Crippen LogP contribution is -2.13. The van der Waals surface area contributed by atoms with Crippen LogP contribution in [0.25, 0.3) is 0 Å². The zero-order valence-electron chi connectivity index (χ0n) is 13.2. The standard InChI is InChI=1S/C19H27N/c1-19(2,3)17-12-10-16(11-13-17)18(14-20)15-8-6-4-5-7-9-15/h10-13,15,18H,4-9H2,1-3H3. The molecular formula is C19H27N. The van der Waals surface area contributed by atoms with Crippen molar-refractivity contribution < 1.29 is 0 Å². The molecule has 0 bridgehead atoms. The van der Waals surface area contributed by atoms with Gasteiger partial charge in [0, 0.05) is 0 Å². The third-order valence-electron chi connectivity index (χ3n) is 4.65. The van der Waals surface area contributed by atoms with E-state index in [1.807, 2.05) is 0 Å². The zero-order valence-corrected chi connectivity index (χ0v) is 13.2. The molecule has 0 saturated heterocycles. The van der Waals surface area contributed by atoms with E-state index in [2.05, 4.69) is 51.1 Å². The van der Waals surface area contributed by atoms with E-state index in [9.17, 15) is 5.26 Å². The van der Waals surface area contributed by atoms with Crippen molar-refractivity contribution in [1.82, 2.24) is 0 Å². The first kappa shape index (κ1) is 15.1. The average Bonchev–Trinajstić information content (AvgIpc) is 2.68. The van der Waals surface area contributed by atoms with Gasteiger partial charge in [-0.05, 0) is 35.3 Å². The van der Waals surface area contributed by atoms with E-state index < -0.39 is 0 Å². The number of benzene rings is 1. The number of nitriles is 1. The third kappa shape index (κ3) is 3.63. The lowest BCUT2D eigenvalue weighted by atomic mass is 9.80. The highest BCUT2D eigenvalue weighted by Gasteiger charge is 2.24. The number of hydrogen-bond donors (Lipinski definition) is 0. The van der Waals surface area contributed by atoms with Crippen molar-refractivity contribution in [3.05, 3.63) is 35.4 Å². The molecule has 1 aliphatic rings. The van der Waals surface area contributed by atoms with Crippen LogP contribution in [0.2, 0.25) is 0 Å². The van der Waals surface area contributed by atoms with Crippen LogP contribution in [-0.4, -0.2) is 0 Å². The van der Waals surface area contributed by atoms with E-state index in [0.29, 0.717) is 5.92 Å². The molecule has 1 nitrogen and oxygen atoms in total. The molecule has 0 spiro atoms. The number of rotatable bonds is 2. The lowest BCUT2D eigenvalue weighted by molar-refractivity contribution is 0.424. The highest BCUT2D eigenvalue weighted by atomic mass is 14.3. The first-order valence-corrected chi connectivity index (χ1v) is 8.02. The Morgan fingerprint density at radius 1 is 1.00 bits per heavy atom. The molecule has 1 aromatic carbocycles. The van der Waals surface area contributed by atoms with E-state index >= 15 is 0 Å². The highest BCUT2D eigenvalue weighted by molar-refractivity contribution is 5.32. The fourth-order valence-corrected chi connectivity index (χ4v) is 3.29. The van der Waals surface area contributed by atoms with Crippen LogP contribution in [0, 0.1) is 17.2 Å². The molecule has 108 valence electrons. The van der Waals surface area contributed by atoms with Crippen molar-refractivity contribution in [3.8, 4) is 6.07 Å². The fourth-order valence-electron chi connectivity index (χ4n) is 3.29. The quantitative estimate of drug-likeness (QED) is 0.645. The van der Waals surface area contributed by atoms with Crippen molar-refractivity contribution in [2.75, 3.05) is 0 Å². The van der Waals surface area contributed by atoms with Gasteiger partial charge in [0.05, 0.1) is 12.0 Å². The molecule has 1 unspecified atom stereocenters. The Labute approximate surface area is 124 Å². The third-order valence-corrected chi connectivity index (χ3v) is 4.65. The Hall–Kier alpha value is -1.29. The first-order chi connectivity index (χ1) is 9.52. The van der Waals surface area contributed by atoms with Gasteiger partial charge in [-0.25, -0.2) is 0 Å². The van der Waals surface area contributed by atoms with E-state index in [4.69, 9.17) is 0 Å². The second-order valence-electron chi connectivity index (χ2n) is 7.23. The summed E-state index contributed by atoms with van der Waals surface area (Å²) in [6.45, 7) is 6.69. The molecule has 1 atom stereocenters. The van der Waals surface area contributed by atoms with E-state index in [0.717, 1.165) is 0 Å². The van der Waals surface area contributed by atoms with Crippen LogP contribution in [0.4, 0.5) is 0 Å². The van der Waals surface area contributed by atoms with Crippen molar-refractivity contribution in [3.63, 3.8) is 0 Å². The minimum atomic E-state index is 0.0853. The molecule has 0 amide bonds. The predicted molar refractivity (Wildman–Crippen MR) is 84.7 cm³/mol. The van der Waals surface area contributed by atoms with Gasteiger partial charge in [0.1, 0.15) is 0 Å². The summed E-state index contributed by atoms with van der Waals surface area (Å²) >= 11 is 0. The highest BCUT2D eigenvalue weighted by Crippen LogP contribution is 2.35. The zero-order chi connectivity index (χ0) is 14.6. The van der Waals surface area contributed by atoms with Gasteiger partial charge in [-0.2, -0.15) is 5.26 Å². The van der Waals surface area contributed by atoms with Crippen LogP contribution >= 0.6 is 0 Å². The molecule has 1 aromatic rings. The molecule has 2 rings (SSSR count). The molecule has 0 heterocycles. The Bertz CT molecular complexity index is 450. The number of hydrogen-bond acceptors (Lipinski definition) is 1. The van der Waals surface area contributed by atoms with Crippen molar-refractivity contribution in [2.45, 2.75) is 70.6 Å². The van der Waals surface area contributed by atoms with Gasteiger partial charge < -0.3 is 0 Å². The van der Waals surface area contributed by atoms with Gasteiger partial charge in [-0.15, -0.1) is 0 Å². The monoisotopic (exact) mass is 269 g/mol. The lowest BCUT2D eigenvalue weighted by Gasteiger charge is -2.23. The van der Waals surface area contributed by atoms with E-state index in [-0.39, 0.29) is 11.3 Å². The minimum Gasteiger partial charge on any atom is -0.198 e. The van der Waals surface area contributed by atoms with Crippen LogP contribution < -0.4 is 0 Å². The molecule has 0 aromatic heterocycles. The first-order valence-electron chi connectivity index (χ1n) is 8.02. The molecule has 1 heteroatoms. The summed E-state index contributed by atoms with van der Waals surface area (Å²) in [5.41, 5.74) is 2.74. The molecule has 1 aliphatic carbocycles. The second-order valence-corrected chi connectivity index (χ2v) is 7.23. The SMILES string of the molecule is CC(C)(C)c1ccc(C(C#N)C2CCCCCC2)cc1. The molecule has 0 aliphatic heterocycles. The topological polar surface area (TPSA) is 23.8 Å². The van der Waals surface area contributed by atoms with Crippen LogP contribution in [0.5, 0.6) is 0 Å². The van der Waals surface area contributed by atoms with E-state index in [1.165, 1.54) is 49.7 Å². The Kier molecular flexibility index (Phi) is 4.86. The second kappa shape index (κ2) is 6.44. The van der Waals surface area contributed by atoms with Gasteiger partial charge in [0.25, 0.3) is 0 Å². The van der Waals surface area contributed by atoms with Crippen molar-refractivity contribution in [1.29, 1.82) is 5.26 Å². The van der Waals surface area contributed by atoms with E-state index in [1.54, 1.807) is 0 Å². The molecule has 20 heavy (non-hydrogen) atoms. The Morgan fingerprint density at radius 2 is 1.55 bits per heavy atom. The van der Waals surface area contributed by atoms with Crippen molar-refractivity contribution >= 4 is 0 Å². The molecule has 1 saturated carbocycles. The summed E-state index contributed by atoms with van der Waals surface area (Å²) in [6, 6.07) is 11.3. The van der Waals surface area contributed by atoms with Gasteiger partial charge in [-0.1, -0.05) is 70.7 Å². The van der Waals surface area contributed by atoms with Crippen LogP contribution in [0.1, 0.15) is 76.3 Å². The minimum absolute atomic E-state index is 0.0853. The van der Waals surface area contributed by atoms with Gasteiger partial charge in [0.15, 0.2) is 0 Å². The summed E-state index contributed by atoms with van der Waals surface area (Å²) in [6.07, 6.45) is 7.72. The molecule has 1 fully saturated rings. The average molecular weight is 269 g/mol. The molecule has 0 N–H and O–H groups in total.